The maximum Gasteiger partial charge on any atom is 0.316 e. The molecule has 0 radical (unpaired) electrons. The van der Waals surface area contributed by atoms with Crippen LogP contribution in [0.2, 0.25) is 0 Å². The van der Waals surface area contributed by atoms with E-state index in [1.807, 2.05) is 18.7 Å². The minimum absolute atomic E-state index is 0.0836. The van der Waals surface area contributed by atoms with Crippen molar-refractivity contribution in [2.75, 3.05) is 63.6 Å². The van der Waals surface area contributed by atoms with Crippen LogP contribution in [0.4, 0.5) is 17.3 Å². The van der Waals surface area contributed by atoms with Crippen molar-refractivity contribution >= 4 is 34.3 Å². The van der Waals surface area contributed by atoms with Gasteiger partial charge in [0.25, 0.3) is 5.56 Å². The zero-order valence-corrected chi connectivity index (χ0v) is 26.7. The summed E-state index contributed by atoms with van der Waals surface area (Å²) in [7, 11) is 3.66. The monoisotopic (exact) mass is 611 g/mol. The van der Waals surface area contributed by atoms with Gasteiger partial charge in [0.15, 0.2) is 0 Å². The number of benzene rings is 1. The number of hydrogen-bond acceptors (Lipinski definition) is 10. The number of pyridine rings is 1. The molecule has 2 fully saturated rings. The Balaban J connectivity index is 1.41. The molecule has 1 atom stereocenters. The van der Waals surface area contributed by atoms with Crippen molar-refractivity contribution in [3.8, 4) is 17.1 Å². The van der Waals surface area contributed by atoms with E-state index in [0.29, 0.717) is 42.2 Å². The van der Waals surface area contributed by atoms with E-state index in [1.54, 1.807) is 23.2 Å². The molecule has 6 rings (SSSR count). The summed E-state index contributed by atoms with van der Waals surface area (Å²) in [6.45, 7) is 11.1. The number of fused-ring (bicyclic) bond motifs is 1. The fraction of sp³-hybridized carbons (Fsp3) is 0.455. The molecular formula is C33H41N9O3. The van der Waals surface area contributed by atoms with Crippen LogP contribution in [0.1, 0.15) is 43.4 Å². The Morgan fingerprint density at radius 1 is 1.04 bits per heavy atom. The van der Waals surface area contributed by atoms with Crippen LogP contribution in [-0.4, -0.2) is 93.6 Å². The van der Waals surface area contributed by atoms with Gasteiger partial charge in [-0.25, -0.2) is 15.0 Å². The summed E-state index contributed by atoms with van der Waals surface area (Å²) >= 11 is 0. The Morgan fingerprint density at radius 2 is 1.80 bits per heavy atom. The predicted molar refractivity (Wildman–Crippen MR) is 175 cm³/mol. The van der Waals surface area contributed by atoms with Gasteiger partial charge in [-0.1, -0.05) is 6.92 Å². The summed E-state index contributed by atoms with van der Waals surface area (Å²) in [5.41, 5.74) is 5.45. The van der Waals surface area contributed by atoms with Gasteiger partial charge < -0.3 is 24.8 Å². The number of piperidine rings is 1. The number of aromatic nitrogens is 5. The lowest BCUT2D eigenvalue weighted by Gasteiger charge is -2.35. The number of aryl methyl sites for hydroxylation is 2. The van der Waals surface area contributed by atoms with Gasteiger partial charge in [0.2, 0.25) is 11.9 Å². The summed E-state index contributed by atoms with van der Waals surface area (Å²) < 4.78 is 6.89. The van der Waals surface area contributed by atoms with Crippen molar-refractivity contribution in [2.45, 2.75) is 46.1 Å². The Bertz CT molecular complexity index is 1760. The molecule has 2 aliphatic rings. The first-order valence-electron chi connectivity index (χ1n) is 15.6. The van der Waals surface area contributed by atoms with Crippen LogP contribution >= 0.6 is 0 Å². The van der Waals surface area contributed by atoms with Gasteiger partial charge in [0.1, 0.15) is 5.65 Å². The third kappa shape index (κ3) is 6.06. The Hall–Kier alpha value is -4.58. The fourth-order valence-electron chi connectivity index (χ4n) is 6.50. The number of methoxy groups -OCH3 is 1. The van der Waals surface area contributed by atoms with E-state index in [2.05, 4.69) is 62.2 Å². The van der Waals surface area contributed by atoms with E-state index < -0.39 is 0 Å². The molecular weight excluding hydrogens is 570 g/mol. The van der Waals surface area contributed by atoms with E-state index in [-0.39, 0.29) is 23.5 Å². The van der Waals surface area contributed by atoms with Gasteiger partial charge in [0.05, 0.1) is 18.7 Å². The lowest BCUT2D eigenvalue weighted by molar-refractivity contribution is -0.132. The number of rotatable bonds is 7. The molecule has 12 heteroatoms. The van der Waals surface area contributed by atoms with Crippen molar-refractivity contribution < 1.29 is 9.53 Å². The Labute approximate surface area is 263 Å². The third-order valence-electron chi connectivity index (χ3n) is 9.02. The topological polar surface area (TPSA) is 122 Å². The molecule has 12 nitrogen and oxygen atoms in total. The zero-order valence-electron chi connectivity index (χ0n) is 26.7. The SMILES string of the molecule is CCC(=O)N1CCC[C@H](n2c(=O)c(-c3cnc(OC)nc3)c(C)c3cnc(Nc4ccc(N5CCN(C)CC5)c(C)c4)nc32)C1. The molecule has 0 aliphatic carbocycles. The van der Waals surface area contributed by atoms with Crippen molar-refractivity contribution in [1.29, 1.82) is 0 Å². The smallest absolute Gasteiger partial charge is 0.316 e. The summed E-state index contributed by atoms with van der Waals surface area (Å²) in [6, 6.07) is 6.30. The highest BCUT2D eigenvalue weighted by atomic mass is 16.5. The Morgan fingerprint density at radius 3 is 2.49 bits per heavy atom. The number of piperazine rings is 1. The molecule has 2 saturated heterocycles. The quantitative estimate of drug-likeness (QED) is 0.329. The molecule has 0 bridgehead atoms. The zero-order chi connectivity index (χ0) is 31.7. The van der Waals surface area contributed by atoms with Gasteiger partial charge >= 0.3 is 6.01 Å². The third-order valence-corrected chi connectivity index (χ3v) is 9.02. The molecule has 1 amide bonds. The lowest BCUT2D eigenvalue weighted by Crippen LogP contribution is -2.44. The highest BCUT2D eigenvalue weighted by Crippen LogP contribution is 2.31. The molecule has 0 saturated carbocycles. The summed E-state index contributed by atoms with van der Waals surface area (Å²) in [6.07, 6.45) is 6.95. The van der Waals surface area contributed by atoms with Crippen LogP contribution in [0.25, 0.3) is 22.2 Å². The number of ether oxygens (including phenoxy) is 1. The number of hydrogen-bond donors (Lipinski definition) is 1. The molecule has 1 N–H and O–H groups in total. The van der Waals surface area contributed by atoms with Gasteiger partial charge in [-0.15, -0.1) is 0 Å². The second kappa shape index (κ2) is 12.8. The molecule has 2 aliphatic heterocycles. The number of anilines is 3. The van der Waals surface area contributed by atoms with Gasteiger partial charge in [-0.2, -0.15) is 4.98 Å². The van der Waals surface area contributed by atoms with Crippen LogP contribution in [-0.2, 0) is 4.79 Å². The van der Waals surface area contributed by atoms with Crippen LogP contribution in [0, 0.1) is 13.8 Å². The van der Waals surface area contributed by atoms with Crippen molar-refractivity contribution in [3.63, 3.8) is 0 Å². The molecule has 1 aromatic carbocycles. The summed E-state index contributed by atoms with van der Waals surface area (Å²) in [5, 5.41) is 4.13. The summed E-state index contributed by atoms with van der Waals surface area (Å²) in [4.78, 5) is 51.8. The van der Waals surface area contributed by atoms with Crippen LogP contribution in [0.3, 0.4) is 0 Å². The predicted octanol–water partition coefficient (Wildman–Crippen LogP) is 3.94. The van der Waals surface area contributed by atoms with E-state index in [1.165, 1.54) is 18.4 Å². The van der Waals surface area contributed by atoms with Crippen LogP contribution in [0.15, 0.2) is 41.6 Å². The second-order valence-electron chi connectivity index (χ2n) is 12.0. The molecule has 236 valence electrons. The lowest BCUT2D eigenvalue weighted by atomic mass is 9.99. The molecule has 0 unspecified atom stereocenters. The largest absolute Gasteiger partial charge is 0.467 e. The second-order valence-corrected chi connectivity index (χ2v) is 12.0. The highest BCUT2D eigenvalue weighted by Gasteiger charge is 2.29. The van der Waals surface area contributed by atoms with E-state index in [0.717, 1.165) is 55.7 Å². The molecule has 3 aromatic heterocycles. The van der Waals surface area contributed by atoms with Gasteiger partial charge in [-0.05, 0) is 63.1 Å². The first kappa shape index (κ1) is 30.4. The maximum absolute atomic E-state index is 14.4. The number of carbonyl (C=O) groups is 1. The van der Waals surface area contributed by atoms with E-state index in [4.69, 9.17) is 9.72 Å². The molecule has 45 heavy (non-hydrogen) atoms. The van der Waals surface area contributed by atoms with E-state index in [9.17, 15) is 9.59 Å². The van der Waals surface area contributed by atoms with Gasteiger partial charge in [-0.3, -0.25) is 14.2 Å². The minimum Gasteiger partial charge on any atom is -0.467 e. The molecule has 0 spiro atoms. The number of nitrogens with one attached hydrogen (secondary N) is 1. The number of amides is 1. The van der Waals surface area contributed by atoms with Crippen LogP contribution < -0.4 is 20.5 Å². The Kier molecular flexibility index (Phi) is 8.66. The maximum atomic E-state index is 14.4. The van der Waals surface area contributed by atoms with E-state index >= 15 is 0 Å². The first-order valence-corrected chi connectivity index (χ1v) is 15.6. The van der Waals surface area contributed by atoms with Gasteiger partial charge in [0, 0.05) is 86.6 Å². The van der Waals surface area contributed by atoms with Crippen LogP contribution in [0.5, 0.6) is 6.01 Å². The first-order chi connectivity index (χ1) is 21.8. The van der Waals surface area contributed by atoms with Crippen molar-refractivity contribution in [3.05, 3.63) is 58.3 Å². The number of nitrogens with zero attached hydrogens (tertiary/aromatic N) is 8. The van der Waals surface area contributed by atoms with Crippen molar-refractivity contribution in [1.82, 2.24) is 34.3 Å². The number of likely N-dealkylation sites (N-methyl/N-ethyl adjacent to an activating group) is 1. The van der Waals surface area contributed by atoms with Crippen molar-refractivity contribution in [2.24, 2.45) is 0 Å². The molecule has 5 heterocycles. The average molecular weight is 612 g/mol. The molecule has 4 aromatic rings. The normalized spacial score (nSPS) is 17.5. The average Bonchev–Trinajstić information content (AvgIpc) is 3.05. The highest BCUT2D eigenvalue weighted by molar-refractivity contribution is 5.86. The number of carbonyl (C=O) groups excluding carboxylic acids is 1. The number of likely N-dealkylation sites (tertiary alicyclic amines) is 1. The standard InChI is InChI=1S/C33H41N9O3/c1-6-28(43)41-11-7-8-25(20-41)42-30-26(22(3)29(31(42)44)23-17-35-33(45-5)36-18-23)19-34-32(38-30)37-24-9-10-27(21(2)16-24)40-14-12-39(4)13-15-40/h9-10,16-19,25H,6-8,11-15,20H2,1-5H3,(H,34,37,38)/t25-/m0/s1. The fourth-order valence-corrected chi connectivity index (χ4v) is 6.50. The summed E-state index contributed by atoms with van der Waals surface area (Å²) in [5.74, 6) is 0.486. The minimum atomic E-state index is -0.240.